The van der Waals surface area contributed by atoms with Crippen LogP contribution in [0.15, 0.2) is 12.1 Å². The van der Waals surface area contributed by atoms with E-state index in [1.807, 2.05) is 0 Å². The smallest absolute Gasteiger partial charge is 0.462 e. The van der Waals surface area contributed by atoms with E-state index in [0.29, 0.717) is 12.1 Å². The molecule has 21 heavy (non-hydrogen) atoms. The normalized spacial score (nSPS) is 10.6. The van der Waals surface area contributed by atoms with Crippen LogP contribution in [-0.4, -0.2) is 23.9 Å². The molecule has 112 valence electrons. The van der Waals surface area contributed by atoms with Gasteiger partial charge in [0.1, 0.15) is 17.2 Å². The number of nitrogens with zero attached hydrogens (tertiary/aromatic N) is 2. The summed E-state index contributed by atoms with van der Waals surface area (Å²) in [5.74, 6) is -2.40. The summed E-state index contributed by atoms with van der Waals surface area (Å²) in [5, 5.41) is 19.5. The first-order valence-electron chi connectivity index (χ1n) is 5.35. The molecule has 1 aromatic carbocycles. The Bertz CT molecular complexity index is 622. The van der Waals surface area contributed by atoms with Crippen molar-refractivity contribution < 1.29 is 32.4 Å². The van der Waals surface area contributed by atoms with E-state index >= 15 is 0 Å². The summed E-state index contributed by atoms with van der Waals surface area (Å²) < 4.78 is 45.1. The first kappa shape index (κ1) is 16.2. The third-order valence-electron chi connectivity index (χ3n) is 2.12. The van der Waals surface area contributed by atoms with Gasteiger partial charge < -0.3 is 9.47 Å². The number of ether oxygens (including phenoxy) is 2. The summed E-state index contributed by atoms with van der Waals surface area (Å²) in [6.45, 7) is 1.22. The third kappa shape index (κ3) is 4.07. The largest absolute Gasteiger partial charge is 0.573 e. The lowest BCUT2D eigenvalue weighted by Gasteiger charge is -2.13. The molecule has 0 N–H and O–H groups in total. The molecular formula is C11H7F3N2O5. The zero-order valence-corrected chi connectivity index (χ0v) is 10.4. The van der Waals surface area contributed by atoms with E-state index in [1.165, 1.54) is 13.0 Å². The molecule has 0 aliphatic heterocycles. The minimum absolute atomic E-state index is 0.172. The molecule has 0 heterocycles. The lowest BCUT2D eigenvalue weighted by atomic mass is 10.1. The van der Waals surface area contributed by atoms with Gasteiger partial charge in [0.25, 0.3) is 5.69 Å². The van der Waals surface area contributed by atoms with E-state index in [2.05, 4.69) is 9.47 Å². The number of halogens is 3. The van der Waals surface area contributed by atoms with Crippen molar-refractivity contribution in [2.24, 2.45) is 0 Å². The zero-order chi connectivity index (χ0) is 16.2. The zero-order valence-electron chi connectivity index (χ0n) is 10.4. The second-order valence-corrected chi connectivity index (χ2v) is 3.51. The van der Waals surface area contributed by atoms with Crippen molar-refractivity contribution >= 4 is 11.7 Å². The molecule has 0 saturated carbocycles. The first-order valence-corrected chi connectivity index (χ1v) is 5.35. The summed E-state index contributed by atoms with van der Waals surface area (Å²) in [6, 6.07) is 2.44. The standard InChI is InChI=1S/C11H7F3N2O5/c1-2-20-10(17)8-4-7(16(18)19)3-6(5-15)9(8)21-11(12,13)14/h3-4H,2H2,1H3. The number of nitriles is 1. The molecule has 0 unspecified atom stereocenters. The molecule has 0 spiro atoms. The molecule has 0 aliphatic carbocycles. The SMILES string of the molecule is CCOC(=O)c1cc([N+](=O)[O-])cc(C#N)c1OC(F)(F)F. The Morgan fingerprint density at radius 1 is 1.48 bits per heavy atom. The Morgan fingerprint density at radius 2 is 2.10 bits per heavy atom. The predicted molar refractivity (Wildman–Crippen MR) is 60.5 cm³/mol. The summed E-state index contributed by atoms with van der Waals surface area (Å²) in [7, 11) is 0. The molecule has 0 saturated heterocycles. The van der Waals surface area contributed by atoms with E-state index in [4.69, 9.17) is 5.26 Å². The van der Waals surface area contributed by atoms with Crippen LogP contribution in [0.3, 0.4) is 0 Å². The molecule has 0 aliphatic rings. The lowest BCUT2D eigenvalue weighted by molar-refractivity contribution is -0.385. The van der Waals surface area contributed by atoms with Crippen LogP contribution in [0.4, 0.5) is 18.9 Å². The van der Waals surface area contributed by atoms with Gasteiger partial charge in [-0.15, -0.1) is 13.2 Å². The Morgan fingerprint density at radius 3 is 2.52 bits per heavy atom. The number of benzene rings is 1. The van der Waals surface area contributed by atoms with Gasteiger partial charge in [-0.1, -0.05) is 0 Å². The lowest BCUT2D eigenvalue weighted by Crippen LogP contribution is -2.20. The maximum Gasteiger partial charge on any atom is 0.573 e. The highest BCUT2D eigenvalue weighted by Gasteiger charge is 2.36. The molecule has 10 heteroatoms. The van der Waals surface area contributed by atoms with E-state index in [9.17, 15) is 28.1 Å². The molecule has 0 radical (unpaired) electrons. The van der Waals surface area contributed by atoms with Crippen LogP contribution in [0.1, 0.15) is 22.8 Å². The highest BCUT2D eigenvalue weighted by molar-refractivity contribution is 5.94. The minimum Gasteiger partial charge on any atom is -0.462 e. The van der Waals surface area contributed by atoms with Gasteiger partial charge in [-0.3, -0.25) is 10.1 Å². The van der Waals surface area contributed by atoms with E-state index in [0.717, 1.165) is 0 Å². The summed E-state index contributed by atoms with van der Waals surface area (Å²) in [6.07, 6.45) is -5.18. The molecule has 1 rings (SSSR count). The van der Waals surface area contributed by atoms with Crippen molar-refractivity contribution in [1.82, 2.24) is 0 Å². The molecule has 0 bridgehead atoms. The monoisotopic (exact) mass is 304 g/mol. The summed E-state index contributed by atoms with van der Waals surface area (Å²) >= 11 is 0. The molecule has 7 nitrogen and oxygen atoms in total. The number of carbonyl (C=O) groups is 1. The number of esters is 1. The Labute approximate surface area is 115 Å². The van der Waals surface area contributed by atoms with Crippen LogP contribution in [0.2, 0.25) is 0 Å². The molecule has 0 aromatic heterocycles. The van der Waals surface area contributed by atoms with E-state index < -0.39 is 39.8 Å². The fraction of sp³-hybridized carbons (Fsp3) is 0.273. The summed E-state index contributed by atoms with van der Waals surface area (Å²) in [4.78, 5) is 21.3. The van der Waals surface area contributed by atoms with Crippen molar-refractivity contribution in [3.05, 3.63) is 33.4 Å². The molecule has 1 aromatic rings. The van der Waals surface area contributed by atoms with Crippen LogP contribution in [0.5, 0.6) is 5.75 Å². The van der Waals surface area contributed by atoms with E-state index in [-0.39, 0.29) is 6.61 Å². The number of hydrogen-bond donors (Lipinski definition) is 0. The van der Waals surface area contributed by atoms with E-state index in [1.54, 1.807) is 0 Å². The Kier molecular flexibility index (Phi) is 4.70. The maximum atomic E-state index is 12.3. The highest BCUT2D eigenvalue weighted by atomic mass is 19.4. The van der Waals surface area contributed by atoms with Crippen LogP contribution in [0, 0.1) is 21.4 Å². The van der Waals surface area contributed by atoms with Crippen molar-refractivity contribution in [1.29, 1.82) is 5.26 Å². The highest BCUT2D eigenvalue weighted by Crippen LogP contribution is 2.33. The molecule has 0 fully saturated rings. The third-order valence-corrected chi connectivity index (χ3v) is 2.12. The Hall–Kier alpha value is -2.83. The fourth-order valence-corrected chi connectivity index (χ4v) is 1.39. The number of carbonyl (C=O) groups excluding carboxylic acids is 1. The van der Waals surface area contributed by atoms with Gasteiger partial charge >= 0.3 is 12.3 Å². The minimum atomic E-state index is -5.18. The van der Waals surface area contributed by atoms with Crippen molar-refractivity contribution in [3.8, 4) is 11.8 Å². The van der Waals surface area contributed by atoms with Gasteiger partial charge in [-0.25, -0.2) is 4.79 Å². The summed E-state index contributed by atoms with van der Waals surface area (Å²) in [5.41, 5.74) is -2.38. The predicted octanol–water partition coefficient (Wildman–Crippen LogP) is 2.54. The van der Waals surface area contributed by atoms with Gasteiger partial charge in [-0.05, 0) is 6.92 Å². The van der Waals surface area contributed by atoms with Crippen LogP contribution < -0.4 is 4.74 Å². The average Bonchev–Trinajstić information content (AvgIpc) is 2.36. The van der Waals surface area contributed by atoms with Gasteiger partial charge in [0, 0.05) is 12.1 Å². The maximum absolute atomic E-state index is 12.3. The number of hydrogen-bond acceptors (Lipinski definition) is 6. The quantitative estimate of drug-likeness (QED) is 0.481. The van der Waals surface area contributed by atoms with Crippen molar-refractivity contribution in [2.45, 2.75) is 13.3 Å². The Balaban J connectivity index is 3.53. The number of alkyl halides is 3. The number of nitro groups is 1. The van der Waals surface area contributed by atoms with Crippen LogP contribution >= 0.6 is 0 Å². The topological polar surface area (TPSA) is 102 Å². The molecular weight excluding hydrogens is 297 g/mol. The van der Waals surface area contributed by atoms with Crippen molar-refractivity contribution in [2.75, 3.05) is 6.61 Å². The number of rotatable bonds is 4. The van der Waals surface area contributed by atoms with Crippen LogP contribution in [-0.2, 0) is 4.74 Å². The van der Waals surface area contributed by atoms with Crippen LogP contribution in [0.25, 0.3) is 0 Å². The molecule has 0 amide bonds. The molecule has 0 atom stereocenters. The number of nitro benzene ring substituents is 1. The average molecular weight is 304 g/mol. The number of non-ortho nitro benzene ring substituents is 1. The van der Waals surface area contributed by atoms with Gasteiger partial charge in [-0.2, -0.15) is 5.26 Å². The second kappa shape index (κ2) is 6.08. The first-order chi connectivity index (χ1) is 9.69. The fourth-order valence-electron chi connectivity index (χ4n) is 1.39. The van der Waals surface area contributed by atoms with Gasteiger partial charge in [0.15, 0.2) is 5.75 Å². The van der Waals surface area contributed by atoms with Crippen molar-refractivity contribution in [3.63, 3.8) is 0 Å². The second-order valence-electron chi connectivity index (χ2n) is 3.51. The van der Waals surface area contributed by atoms with Gasteiger partial charge in [0.05, 0.1) is 11.5 Å². The van der Waals surface area contributed by atoms with Gasteiger partial charge in [0.2, 0.25) is 0 Å².